The number of rotatable bonds is 5. The zero-order valence-electron chi connectivity index (χ0n) is 12.2. The van der Waals surface area contributed by atoms with Crippen LogP contribution in [0.4, 0.5) is 17.8 Å². The Morgan fingerprint density at radius 2 is 1.95 bits per heavy atom. The lowest BCUT2D eigenvalue weighted by atomic mass is 10.4. The van der Waals surface area contributed by atoms with E-state index in [1.54, 1.807) is 0 Å². The average Bonchev–Trinajstić information content (AvgIpc) is 3.16. The molecular weight excluding hydrogens is 284 g/mol. The molecule has 1 aliphatic rings. The standard InChI is InChI=1S/C14H20N6S/c1-2-10-5-6-11(21-10)9-16-13-17-12(15)18-14(19-13)20-7-3-4-8-20/h5-6H,2-4,7-9H2,1H3,(H3,15,16,17,18,19). The summed E-state index contributed by atoms with van der Waals surface area (Å²) >= 11 is 1.81. The molecule has 0 aliphatic carbocycles. The molecule has 0 radical (unpaired) electrons. The first kappa shape index (κ1) is 14.1. The Morgan fingerprint density at radius 3 is 2.67 bits per heavy atom. The first-order valence-corrected chi connectivity index (χ1v) is 8.14. The number of hydrogen-bond donors (Lipinski definition) is 2. The van der Waals surface area contributed by atoms with E-state index >= 15 is 0 Å². The van der Waals surface area contributed by atoms with E-state index in [0.717, 1.165) is 19.5 Å². The molecule has 0 atom stereocenters. The molecule has 0 spiro atoms. The van der Waals surface area contributed by atoms with Gasteiger partial charge in [0.2, 0.25) is 17.8 Å². The number of thiophene rings is 1. The molecule has 6 nitrogen and oxygen atoms in total. The van der Waals surface area contributed by atoms with Crippen LogP contribution in [0.3, 0.4) is 0 Å². The molecule has 3 N–H and O–H groups in total. The maximum Gasteiger partial charge on any atom is 0.231 e. The smallest absolute Gasteiger partial charge is 0.231 e. The fourth-order valence-corrected chi connectivity index (χ4v) is 3.29. The highest BCUT2D eigenvalue weighted by Crippen LogP contribution is 2.20. The summed E-state index contributed by atoms with van der Waals surface area (Å²) in [5, 5.41) is 3.24. The summed E-state index contributed by atoms with van der Waals surface area (Å²) in [7, 11) is 0. The zero-order valence-corrected chi connectivity index (χ0v) is 13.0. The zero-order chi connectivity index (χ0) is 14.7. The number of nitrogens with one attached hydrogen (secondary N) is 1. The third-order valence-corrected chi connectivity index (χ3v) is 4.75. The highest BCUT2D eigenvalue weighted by Gasteiger charge is 2.16. The molecule has 0 aromatic carbocycles. The third kappa shape index (κ3) is 3.41. The highest BCUT2D eigenvalue weighted by molar-refractivity contribution is 7.12. The van der Waals surface area contributed by atoms with Crippen LogP contribution in [0, 0.1) is 0 Å². The van der Waals surface area contributed by atoms with Crippen molar-refractivity contribution in [1.82, 2.24) is 15.0 Å². The molecule has 112 valence electrons. The molecule has 1 aliphatic heterocycles. The molecule has 3 heterocycles. The predicted octanol–water partition coefficient (Wildman–Crippen LogP) is 2.29. The van der Waals surface area contributed by atoms with Crippen molar-refractivity contribution in [3.63, 3.8) is 0 Å². The molecule has 3 rings (SSSR count). The van der Waals surface area contributed by atoms with Gasteiger partial charge >= 0.3 is 0 Å². The Kier molecular flexibility index (Phi) is 4.19. The van der Waals surface area contributed by atoms with Crippen LogP contribution >= 0.6 is 11.3 Å². The van der Waals surface area contributed by atoms with E-state index in [1.165, 1.54) is 22.6 Å². The second kappa shape index (κ2) is 6.26. The number of anilines is 3. The van der Waals surface area contributed by atoms with Gasteiger partial charge in [-0.15, -0.1) is 11.3 Å². The molecule has 2 aromatic heterocycles. The first-order valence-electron chi connectivity index (χ1n) is 7.32. The van der Waals surface area contributed by atoms with Crippen molar-refractivity contribution in [2.75, 3.05) is 29.0 Å². The van der Waals surface area contributed by atoms with Crippen molar-refractivity contribution in [3.8, 4) is 0 Å². The molecule has 0 saturated carbocycles. The van der Waals surface area contributed by atoms with Crippen molar-refractivity contribution < 1.29 is 0 Å². The van der Waals surface area contributed by atoms with Crippen LogP contribution < -0.4 is 16.0 Å². The maximum absolute atomic E-state index is 5.80. The fourth-order valence-electron chi connectivity index (χ4n) is 2.39. The van der Waals surface area contributed by atoms with Gasteiger partial charge in [-0.25, -0.2) is 0 Å². The monoisotopic (exact) mass is 304 g/mol. The van der Waals surface area contributed by atoms with Gasteiger partial charge in [-0.05, 0) is 31.4 Å². The summed E-state index contributed by atoms with van der Waals surface area (Å²) in [4.78, 5) is 17.7. The Hall–Kier alpha value is -1.89. The average molecular weight is 304 g/mol. The minimum absolute atomic E-state index is 0.273. The van der Waals surface area contributed by atoms with Crippen LogP contribution in [0.15, 0.2) is 12.1 Å². The van der Waals surface area contributed by atoms with Crippen LogP contribution in [0.1, 0.15) is 29.5 Å². The number of nitrogens with zero attached hydrogens (tertiary/aromatic N) is 4. The largest absolute Gasteiger partial charge is 0.368 e. The topological polar surface area (TPSA) is 80.0 Å². The lowest BCUT2D eigenvalue weighted by Crippen LogP contribution is -2.22. The van der Waals surface area contributed by atoms with Gasteiger partial charge in [-0.3, -0.25) is 0 Å². The van der Waals surface area contributed by atoms with E-state index in [9.17, 15) is 0 Å². The molecule has 0 amide bonds. The van der Waals surface area contributed by atoms with E-state index in [2.05, 4.69) is 44.2 Å². The van der Waals surface area contributed by atoms with Gasteiger partial charge in [0.05, 0.1) is 6.54 Å². The number of nitrogen functional groups attached to an aromatic ring is 1. The molecule has 1 fully saturated rings. The van der Waals surface area contributed by atoms with Crippen molar-refractivity contribution in [2.24, 2.45) is 0 Å². The van der Waals surface area contributed by atoms with E-state index < -0.39 is 0 Å². The van der Waals surface area contributed by atoms with Crippen molar-refractivity contribution in [3.05, 3.63) is 21.9 Å². The van der Waals surface area contributed by atoms with Gasteiger partial charge in [0, 0.05) is 22.8 Å². The number of aromatic nitrogens is 3. The summed E-state index contributed by atoms with van der Waals surface area (Å²) in [6, 6.07) is 4.31. The summed E-state index contributed by atoms with van der Waals surface area (Å²) in [5.41, 5.74) is 5.80. The molecule has 0 unspecified atom stereocenters. The van der Waals surface area contributed by atoms with Crippen LogP contribution in [0.25, 0.3) is 0 Å². The number of aryl methyl sites for hydroxylation is 1. The number of nitrogens with two attached hydrogens (primary N) is 1. The lowest BCUT2D eigenvalue weighted by molar-refractivity contribution is 0.882. The molecule has 21 heavy (non-hydrogen) atoms. The summed E-state index contributed by atoms with van der Waals surface area (Å²) < 4.78 is 0. The van der Waals surface area contributed by atoms with Crippen LogP contribution in [-0.2, 0) is 13.0 Å². The van der Waals surface area contributed by atoms with E-state index in [0.29, 0.717) is 18.4 Å². The second-order valence-corrected chi connectivity index (χ2v) is 6.34. The van der Waals surface area contributed by atoms with Gasteiger partial charge < -0.3 is 16.0 Å². The quantitative estimate of drug-likeness (QED) is 0.882. The van der Waals surface area contributed by atoms with Crippen molar-refractivity contribution >= 4 is 29.2 Å². The van der Waals surface area contributed by atoms with Gasteiger partial charge in [-0.1, -0.05) is 6.92 Å². The Labute approximate surface area is 128 Å². The summed E-state index contributed by atoms with van der Waals surface area (Å²) in [5.74, 6) is 1.51. The molecule has 7 heteroatoms. The predicted molar refractivity (Wildman–Crippen MR) is 86.7 cm³/mol. The van der Waals surface area contributed by atoms with Crippen LogP contribution in [-0.4, -0.2) is 28.0 Å². The normalized spacial score (nSPS) is 14.6. The van der Waals surface area contributed by atoms with E-state index in [-0.39, 0.29) is 5.95 Å². The third-order valence-electron chi connectivity index (χ3n) is 3.52. The molecule has 2 aromatic rings. The van der Waals surface area contributed by atoms with Crippen molar-refractivity contribution in [2.45, 2.75) is 32.7 Å². The maximum atomic E-state index is 5.80. The minimum Gasteiger partial charge on any atom is -0.368 e. The van der Waals surface area contributed by atoms with E-state index in [4.69, 9.17) is 5.73 Å². The summed E-state index contributed by atoms with van der Waals surface area (Å²) in [6.45, 7) is 4.87. The Bertz CT molecular complexity index is 605. The van der Waals surface area contributed by atoms with Crippen LogP contribution in [0.2, 0.25) is 0 Å². The minimum atomic E-state index is 0.273. The van der Waals surface area contributed by atoms with Gasteiger partial charge in [0.25, 0.3) is 0 Å². The van der Waals surface area contributed by atoms with Gasteiger partial charge in [0.15, 0.2) is 0 Å². The first-order chi connectivity index (χ1) is 10.2. The van der Waals surface area contributed by atoms with Crippen LogP contribution in [0.5, 0.6) is 0 Å². The highest BCUT2D eigenvalue weighted by atomic mass is 32.1. The molecule has 1 saturated heterocycles. The number of hydrogen-bond acceptors (Lipinski definition) is 7. The molecule has 0 bridgehead atoms. The Morgan fingerprint density at radius 1 is 1.19 bits per heavy atom. The van der Waals surface area contributed by atoms with E-state index in [1.807, 2.05) is 11.3 Å². The fraction of sp³-hybridized carbons (Fsp3) is 0.500. The van der Waals surface area contributed by atoms with Gasteiger partial charge in [0.1, 0.15) is 0 Å². The SMILES string of the molecule is CCc1ccc(CNc2nc(N)nc(N3CCCC3)n2)s1. The molecular formula is C14H20N6S. The second-order valence-electron chi connectivity index (χ2n) is 5.09. The lowest BCUT2D eigenvalue weighted by Gasteiger charge is -2.15. The van der Waals surface area contributed by atoms with Gasteiger partial charge in [-0.2, -0.15) is 15.0 Å². The van der Waals surface area contributed by atoms with Crippen molar-refractivity contribution in [1.29, 1.82) is 0 Å². The summed E-state index contributed by atoms with van der Waals surface area (Å²) in [6.07, 6.45) is 3.44. The Balaban J connectivity index is 1.69.